The van der Waals surface area contributed by atoms with Gasteiger partial charge in [-0.3, -0.25) is 0 Å². The smallest absolute Gasteiger partial charge is 0.211 e. The number of para-hydroxylation sites is 1. The normalized spacial score (nSPS) is 12.0. The van der Waals surface area contributed by atoms with Gasteiger partial charge in [0.2, 0.25) is 10.0 Å². The molecule has 178 valence electrons. The molecule has 7 nitrogen and oxygen atoms in total. The monoisotopic (exact) mass is 477 g/mol. The first-order valence-corrected chi connectivity index (χ1v) is 13.4. The standard InChI is InChI=1S/C26H31N5O2S/c1-34(32,33)31(16-6-14-27)19-20-7-4-8-21(17-20)24-13-15-28-26(30-24)12-5-9-22-18-29-25-11-3-2-10-23(22)25/h2-4,7-8,10-11,13,15,17-18,29H,5-6,9,12,14,16,19,27H2,1H3. The van der Waals surface area contributed by atoms with Gasteiger partial charge in [-0.25, -0.2) is 18.4 Å². The highest BCUT2D eigenvalue weighted by molar-refractivity contribution is 7.88. The Kier molecular flexibility index (Phi) is 7.72. The number of nitrogens with one attached hydrogen (secondary N) is 1. The lowest BCUT2D eigenvalue weighted by atomic mass is 10.1. The van der Waals surface area contributed by atoms with Crippen LogP contribution in [-0.2, 0) is 29.4 Å². The van der Waals surface area contributed by atoms with Crippen molar-refractivity contribution in [3.8, 4) is 11.3 Å². The maximum absolute atomic E-state index is 12.2. The number of nitrogens with zero attached hydrogens (tertiary/aromatic N) is 3. The van der Waals surface area contributed by atoms with E-state index in [1.807, 2.05) is 36.4 Å². The molecular formula is C26H31N5O2S. The lowest BCUT2D eigenvalue weighted by molar-refractivity contribution is 0.405. The van der Waals surface area contributed by atoms with Crippen molar-refractivity contribution in [2.24, 2.45) is 5.73 Å². The Morgan fingerprint density at radius 1 is 1.03 bits per heavy atom. The molecule has 2 heterocycles. The van der Waals surface area contributed by atoms with E-state index in [0.717, 1.165) is 47.4 Å². The van der Waals surface area contributed by atoms with Gasteiger partial charge in [0.25, 0.3) is 0 Å². The highest BCUT2D eigenvalue weighted by atomic mass is 32.2. The van der Waals surface area contributed by atoms with E-state index in [0.29, 0.717) is 26.1 Å². The minimum Gasteiger partial charge on any atom is -0.361 e. The molecule has 0 saturated carbocycles. The predicted octanol–water partition coefficient (Wildman–Crippen LogP) is 3.91. The number of H-pyrrole nitrogens is 1. The summed E-state index contributed by atoms with van der Waals surface area (Å²) in [7, 11) is -3.31. The van der Waals surface area contributed by atoms with E-state index in [9.17, 15) is 8.42 Å². The van der Waals surface area contributed by atoms with Gasteiger partial charge in [0.1, 0.15) is 5.82 Å². The summed E-state index contributed by atoms with van der Waals surface area (Å²) < 4.78 is 25.8. The summed E-state index contributed by atoms with van der Waals surface area (Å²) in [6.45, 7) is 1.18. The molecule has 0 fully saturated rings. The van der Waals surface area contributed by atoms with Gasteiger partial charge in [0.05, 0.1) is 11.9 Å². The first-order chi connectivity index (χ1) is 16.4. The van der Waals surface area contributed by atoms with Crippen LogP contribution in [0.5, 0.6) is 0 Å². The molecule has 4 aromatic rings. The molecule has 0 aliphatic rings. The lowest BCUT2D eigenvalue weighted by Crippen LogP contribution is -2.31. The fraction of sp³-hybridized carbons (Fsp3) is 0.308. The predicted molar refractivity (Wildman–Crippen MR) is 137 cm³/mol. The fourth-order valence-corrected chi connectivity index (χ4v) is 4.96. The number of hydrogen-bond donors (Lipinski definition) is 2. The highest BCUT2D eigenvalue weighted by Gasteiger charge is 2.17. The molecule has 0 bridgehead atoms. The Bertz CT molecular complexity index is 1350. The van der Waals surface area contributed by atoms with E-state index < -0.39 is 10.0 Å². The van der Waals surface area contributed by atoms with E-state index in [1.165, 1.54) is 21.5 Å². The van der Waals surface area contributed by atoms with E-state index >= 15 is 0 Å². The van der Waals surface area contributed by atoms with Crippen LogP contribution in [-0.4, -0.2) is 47.0 Å². The zero-order valence-corrected chi connectivity index (χ0v) is 20.3. The molecule has 0 spiro atoms. The van der Waals surface area contributed by atoms with Crippen LogP contribution in [0.3, 0.4) is 0 Å². The quantitative estimate of drug-likeness (QED) is 0.341. The molecular weight excluding hydrogens is 446 g/mol. The summed E-state index contributed by atoms with van der Waals surface area (Å²) in [6, 6.07) is 18.1. The molecule has 0 aliphatic heterocycles. The number of hydrogen-bond acceptors (Lipinski definition) is 5. The SMILES string of the molecule is CS(=O)(=O)N(CCCN)Cc1cccc(-c2ccnc(CCCc3c[nH]c4ccccc34)n2)c1. The summed E-state index contributed by atoms with van der Waals surface area (Å²) >= 11 is 0. The van der Waals surface area contributed by atoms with Gasteiger partial charge in [-0.2, -0.15) is 4.31 Å². The number of sulfonamides is 1. The van der Waals surface area contributed by atoms with Crippen molar-refractivity contribution >= 4 is 20.9 Å². The number of benzene rings is 2. The van der Waals surface area contributed by atoms with Crippen molar-refractivity contribution in [1.82, 2.24) is 19.3 Å². The molecule has 0 atom stereocenters. The number of aromatic amines is 1. The van der Waals surface area contributed by atoms with Crippen LogP contribution in [0.1, 0.15) is 29.8 Å². The van der Waals surface area contributed by atoms with Crippen LogP contribution in [0.4, 0.5) is 0 Å². The minimum atomic E-state index is -3.31. The molecule has 0 aliphatic carbocycles. The van der Waals surface area contributed by atoms with Crippen molar-refractivity contribution in [3.05, 3.63) is 83.9 Å². The van der Waals surface area contributed by atoms with Crippen molar-refractivity contribution in [2.75, 3.05) is 19.3 Å². The molecule has 34 heavy (non-hydrogen) atoms. The van der Waals surface area contributed by atoms with E-state index in [4.69, 9.17) is 10.7 Å². The third-order valence-electron chi connectivity index (χ3n) is 5.89. The molecule has 0 unspecified atom stereocenters. The van der Waals surface area contributed by atoms with Crippen LogP contribution >= 0.6 is 0 Å². The van der Waals surface area contributed by atoms with Gasteiger partial charge >= 0.3 is 0 Å². The Labute approximate surface area is 201 Å². The van der Waals surface area contributed by atoms with Crippen LogP contribution < -0.4 is 5.73 Å². The Morgan fingerprint density at radius 3 is 2.71 bits per heavy atom. The number of rotatable bonds is 11. The van der Waals surface area contributed by atoms with E-state index in [-0.39, 0.29) is 0 Å². The zero-order valence-electron chi connectivity index (χ0n) is 19.4. The zero-order chi connectivity index (χ0) is 24.0. The average molecular weight is 478 g/mol. The van der Waals surface area contributed by atoms with Gasteiger partial charge in [-0.1, -0.05) is 36.4 Å². The summed E-state index contributed by atoms with van der Waals surface area (Å²) in [6.07, 6.45) is 8.43. The molecule has 2 aromatic carbocycles. The largest absolute Gasteiger partial charge is 0.361 e. The highest BCUT2D eigenvalue weighted by Crippen LogP contribution is 2.22. The average Bonchev–Trinajstić information content (AvgIpc) is 3.24. The molecule has 0 saturated heterocycles. The van der Waals surface area contributed by atoms with E-state index in [1.54, 1.807) is 6.20 Å². The summed E-state index contributed by atoms with van der Waals surface area (Å²) in [5.74, 6) is 0.809. The maximum atomic E-state index is 12.2. The second-order valence-electron chi connectivity index (χ2n) is 8.51. The molecule has 3 N–H and O–H groups in total. The topological polar surface area (TPSA) is 105 Å². The molecule has 4 rings (SSSR count). The van der Waals surface area contributed by atoms with Crippen molar-refractivity contribution in [3.63, 3.8) is 0 Å². The summed E-state index contributed by atoms with van der Waals surface area (Å²) in [4.78, 5) is 12.6. The first kappa shape index (κ1) is 24.1. The van der Waals surface area contributed by atoms with Crippen molar-refractivity contribution in [1.29, 1.82) is 0 Å². The maximum Gasteiger partial charge on any atom is 0.211 e. The van der Waals surface area contributed by atoms with E-state index in [2.05, 4.69) is 34.4 Å². The van der Waals surface area contributed by atoms with Gasteiger partial charge < -0.3 is 10.7 Å². The van der Waals surface area contributed by atoms with Crippen LogP contribution in [0.25, 0.3) is 22.2 Å². The number of aryl methyl sites for hydroxylation is 2. The van der Waals surface area contributed by atoms with Crippen molar-refractivity contribution in [2.45, 2.75) is 32.2 Å². The van der Waals surface area contributed by atoms with Gasteiger partial charge in [0.15, 0.2) is 0 Å². The number of fused-ring (bicyclic) bond motifs is 1. The van der Waals surface area contributed by atoms with Gasteiger partial charge in [0, 0.05) is 48.4 Å². The molecule has 0 amide bonds. The first-order valence-electron chi connectivity index (χ1n) is 11.6. The molecule has 8 heteroatoms. The lowest BCUT2D eigenvalue weighted by Gasteiger charge is -2.20. The third-order valence-corrected chi connectivity index (χ3v) is 7.14. The van der Waals surface area contributed by atoms with Crippen molar-refractivity contribution < 1.29 is 8.42 Å². The summed E-state index contributed by atoms with van der Waals surface area (Å²) in [5.41, 5.74) is 10.8. The Morgan fingerprint density at radius 2 is 1.88 bits per heavy atom. The van der Waals surface area contributed by atoms with Crippen LogP contribution in [0, 0.1) is 0 Å². The Hall–Kier alpha value is -3.07. The number of nitrogens with two attached hydrogens (primary N) is 1. The second-order valence-corrected chi connectivity index (χ2v) is 10.5. The Balaban J connectivity index is 1.44. The molecule has 0 radical (unpaired) electrons. The van der Waals surface area contributed by atoms with Gasteiger partial charge in [-0.15, -0.1) is 0 Å². The minimum absolute atomic E-state index is 0.315. The second kappa shape index (κ2) is 10.9. The van der Waals surface area contributed by atoms with Gasteiger partial charge in [-0.05, 0) is 55.1 Å². The fourth-order valence-electron chi connectivity index (χ4n) is 4.12. The molecule has 2 aromatic heterocycles. The van der Waals surface area contributed by atoms with Crippen LogP contribution in [0.2, 0.25) is 0 Å². The third kappa shape index (κ3) is 6.08. The van der Waals surface area contributed by atoms with Crippen LogP contribution in [0.15, 0.2) is 67.0 Å². The number of aromatic nitrogens is 3. The summed E-state index contributed by atoms with van der Waals surface area (Å²) in [5, 5.41) is 1.27.